The van der Waals surface area contributed by atoms with Gasteiger partial charge in [0.1, 0.15) is 6.10 Å². The van der Waals surface area contributed by atoms with E-state index in [-0.39, 0.29) is 6.10 Å². The number of hydrogen-bond donors (Lipinski definition) is 1. The highest BCUT2D eigenvalue weighted by molar-refractivity contribution is 5.43. The van der Waals surface area contributed by atoms with Crippen LogP contribution in [0.5, 0.6) is 11.5 Å². The molecule has 88 valence electrons. The molecule has 0 aliphatic carbocycles. The second-order valence-corrected chi connectivity index (χ2v) is 3.76. The SMILES string of the molecule is COc1ccc([C@@H]2OCC[C@H]2O)cc1OC. The molecule has 0 aromatic heterocycles. The first-order valence-electron chi connectivity index (χ1n) is 5.28. The molecule has 2 rings (SSSR count). The molecule has 0 radical (unpaired) electrons. The van der Waals surface area contributed by atoms with Gasteiger partial charge in [-0.15, -0.1) is 0 Å². The van der Waals surface area contributed by atoms with Crippen molar-refractivity contribution < 1.29 is 19.3 Å². The molecule has 1 fully saturated rings. The second kappa shape index (κ2) is 4.72. The Labute approximate surface area is 94.8 Å². The molecule has 0 saturated carbocycles. The summed E-state index contributed by atoms with van der Waals surface area (Å²) in [4.78, 5) is 0. The first-order chi connectivity index (χ1) is 7.76. The lowest BCUT2D eigenvalue weighted by molar-refractivity contribution is 0.0416. The van der Waals surface area contributed by atoms with E-state index >= 15 is 0 Å². The third-order valence-electron chi connectivity index (χ3n) is 2.80. The molecule has 4 nitrogen and oxygen atoms in total. The van der Waals surface area contributed by atoms with E-state index in [1.165, 1.54) is 0 Å². The average molecular weight is 224 g/mol. The number of aliphatic hydroxyl groups is 1. The van der Waals surface area contributed by atoms with Crippen molar-refractivity contribution in [1.82, 2.24) is 0 Å². The molecule has 0 amide bonds. The van der Waals surface area contributed by atoms with Gasteiger partial charge in [-0.2, -0.15) is 0 Å². The Hall–Kier alpha value is -1.26. The van der Waals surface area contributed by atoms with E-state index in [1.54, 1.807) is 14.2 Å². The zero-order valence-electron chi connectivity index (χ0n) is 9.47. The molecule has 1 N–H and O–H groups in total. The largest absolute Gasteiger partial charge is 0.493 e. The van der Waals surface area contributed by atoms with Crippen LogP contribution in [0.1, 0.15) is 18.1 Å². The first-order valence-corrected chi connectivity index (χ1v) is 5.28. The fourth-order valence-electron chi connectivity index (χ4n) is 1.93. The summed E-state index contributed by atoms with van der Waals surface area (Å²) in [5.74, 6) is 1.33. The average Bonchev–Trinajstić information content (AvgIpc) is 2.74. The molecule has 4 heteroatoms. The smallest absolute Gasteiger partial charge is 0.161 e. The Bertz CT molecular complexity index is 364. The summed E-state index contributed by atoms with van der Waals surface area (Å²) < 4.78 is 15.8. The summed E-state index contributed by atoms with van der Waals surface area (Å²) in [6.45, 7) is 0.597. The topological polar surface area (TPSA) is 47.9 Å². The van der Waals surface area contributed by atoms with Crippen LogP contribution in [0.15, 0.2) is 18.2 Å². The van der Waals surface area contributed by atoms with Crippen molar-refractivity contribution in [3.63, 3.8) is 0 Å². The van der Waals surface area contributed by atoms with Crippen molar-refractivity contribution in [2.24, 2.45) is 0 Å². The molecule has 2 atom stereocenters. The van der Waals surface area contributed by atoms with E-state index in [4.69, 9.17) is 14.2 Å². The van der Waals surface area contributed by atoms with E-state index in [0.717, 1.165) is 5.56 Å². The second-order valence-electron chi connectivity index (χ2n) is 3.76. The molecule has 0 spiro atoms. The highest BCUT2D eigenvalue weighted by atomic mass is 16.5. The lowest BCUT2D eigenvalue weighted by Crippen LogP contribution is -2.12. The molecule has 1 heterocycles. The zero-order valence-corrected chi connectivity index (χ0v) is 9.47. The molecule has 1 aliphatic heterocycles. The van der Waals surface area contributed by atoms with Gasteiger partial charge in [0.2, 0.25) is 0 Å². The Balaban J connectivity index is 2.28. The molecule has 1 aliphatic rings. The van der Waals surface area contributed by atoms with Gasteiger partial charge in [0.25, 0.3) is 0 Å². The predicted molar refractivity (Wildman–Crippen MR) is 58.9 cm³/mol. The summed E-state index contributed by atoms with van der Waals surface area (Å²) in [5, 5.41) is 9.74. The minimum atomic E-state index is -0.432. The van der Waals surface area contributed by atoms with Gasteiger partial charge >= 0.3 is 0 Å². The van der Waals surface area contributed by atoms with Gasteiger partial charge in [0.05, 0.1) is 26.9 Å². The fourth-order valence-corrected chi connectivity index (χ4v) is 1.93. The van der Waals surface area contributed by atoms with E-state index < -0.39 is 6.10 Å². The maximum absolute atomic E-state index is 9.74. The van der Waals surface area contributed by atoms with Crippen LogP contribution in [0.2, 0.25) is 0 Å². The van der Waals surface area contributed by atoms with Crippen LogP contribution < -0.4 is 9.47 Å². The van der Waals surface area contributed by atoms with Crippen molar-refractivity contribution in [3.8, 4) is 11.5 Å². The van der Waals surface area contributed by atoms with Crippen LogP contribution in [0.25, 0.3) is 0 Å². The molecule has 1 aromatic rings. The highest BCUT2D eigenvalue weighted by Gasteiger charge is 2.28. The number of rotatable bonds is 3. The third-order valence-corrected chi connectivity index (χ3v) is 2.80. The number of methoxy groups -OCH3 is 2. The van der Waals surface area contributed by atoms with Crippen molar-refractivity contribution in [2.75, 3.05) is 20.8 Å². The van der Waals surface area contributed by atoms with Gasteiger partial charge in [0.15, 0.2) is 11.5 Å². The normalized spacial score (nSPS) is 24.4. The van der Waals surface area contributed by atoms with Crippen molar-refractivity contribution in [2.45, 2.75) is 18.6 Å². The van der Waals surface area contributed by atoms with Crippen molar-refractivity contribution >= 4 is 0 Å². The minimum Gasteiger partial charge on any atom is -0.493 e. The monoisotopic (exact) mass is 224 g/mol. The van der Waals surface area contributed by atoms with E-state index in [9.17, 15) is 5.11 Å². The maximum Gasteiger partial charge on any atom is 0.161 e. The Morgan fingerprint density at radius 3 is 2.56 bits per heavy atom. The summed E-state index contributed by atoms with van der Waals surface area (Å²) in [6.07, 6.45) is -0.00292. The standard InChI is InChI=1S/C12H16O4/c1-14-10-4-3-8(7-11(10)15-2)12-9(13)5-6-16-12/h3-4,7,9,12-13H,5-6H2,1-2H3/t9-,12+/m1/s1. The van der Waals surface area contributed by atoms with Crippen LogP contribution in [0.3, 0.4) is 0 Å². The molecule has 0 bridgehead atoms. The van der Waals surface area contributed by atoms with Crippen LogP contribution in [0, 0.1) is 0 Å². The number of benzene rings is 1. The van der Waals surface area contributed by atoms with E-state index in [0.29, 0.717) is 24.5 Å². The lowest BCUT2D eigenvalue weighted by Gasteiger charge is -2.16. The first kappa shape index (κ1) is 11.2. The third kappa shape index (κ3) is 1.99. The molecular formula is C12H16O4. The van der Waals surface area contributed by atoms with Crippen LogP contribution >= 0.6 is 0 Å². The Kier molecular flexibility index (Phi) is 3.31. The molecule has 1 saturated heterocycles. The lowest BCUT2D eigenvalue weighted by atomic mass is 10.0. The van der Waals surface area contributed by atoms with Gasteiger partial charge in [-0.3, -0.25) is 0 Å². The minimum absolute atomic E-state index is 0.250. The molecule has 1 aromatic carbocycles. The van der Waals surface area contributed by atoms with Gasteiger partial charge < -0.3 is 19.3 Å². The van der Waals surface area contributed by atoms with Crippen LogP contribution in [-0.2, 0) is 4.74 Å². The van der Waals surface area contributed by atoms with Crippen LogP contribution in [-0.4, -0.2) is 32.0 Å². The summed E-state index contributed by atoms with van der Waals surface area (Å²) in [5.41, 5.74) is 0.919. The number of hydrogen-bond acceptors (Lipinski definition) is 4. The van der Waals surface area contributed by atoms with Gasteiger partial charge in [-0.05, 0) is 24.1 Å². The highest BCUT2D eigenvalue weighted by Crippen LogP contribution is 2.35. The summed E-state index contributed by atoms with van der Waals surface area (Å²) in [6, 6.07) is 5.56. The zero-order chi connectivity index (χ0) is 11.5. The van der Waals surface area contributed by atoms with Crippen LogP contribution in [0.4, 0.5) is 0 Å². The van der Waals surface area contributed by atoms with Gasteiger partial charge in [0, 0.05) is 0 Å². The summed E-state index contributed by atoms with van der Waals surface area (Å²) in [7, 11) is 3.19. The number of ether oxygens (including phenoxy) is 3. The van der Waals surface area contributed by atoms with E-state index in [1.807, 2.05) is 18.2 Å². The molecule has 0 unspecified atom stereocenters. The summed E-state index contributed by atoms with van der Waals surface area (Å²) >= 11 is 0. The van der Waals surface area contributed by atoms with Gasteiger partial charge in [-0.1, -0.05) is 6.07 Å². The molecule has 16 heavy (non-hydrogen) atoms. The fraction of sp³-hybridized carbons (Fsp3) is 0.500. The molecular weight excluding hydrogens is 208 g/mol. The van der Waals surface area contributed by atoms with Crippen molar-refractivity contribution in [1.29, 1.82) is 0 Å². The van der Waals surface area contributed by atoms with Gasteiger partial charge in [-0.25, -0.2) is 0 Å². The maximum atomic E-state index is 9.74. The quantitative estimate of drug-likeness (QED) is 0.845. The van der Waals surface area contributed by atoms with Crippen molar-refractivity contribution in [3.05, 3.63) is 23.8 Å². The predicted octanol–water partition coefficient (Wildman–Crippen LogP) is 1.53. The Morgan fingerprint density at radius 2 is 2.00 bits per heavy atom. The van der Waals surface area contributed by atoms with E-state index in [2.05, 4.69) is 0 Å². The Morgan fingerprint density at radius 1 is 1.25 bits per heavy atom. The number of aliphatic hydroxyl groups excluding tert-OH is 1.